The molecule has 0 fully saturated rings. The number of carboxylic acids is 1. The molecule has 2 aromatic rings. The van der Waals surface area contributed by atoms with Gasteiger partial charge >= 0.3 is 18.2 Å². The Labute approximate surface area is 113 Å². The first-order valence-electron chi connectivity index (χ1n) is 5.17. The number of hydrogen-bond donors (Lipinski definition) is 1. The van der Waals surface area contributed by atoms with Crippen molar-refractivity contribution >= 4 is 11.7 Å². The standard InChI is InChI=1S/C9H5F2N5O5/c10-8(11)15-9(19)14(12-13-15)6-3-4(16(20)21)1-2-5(6)7(17)18/h1-3,8H,(H,17,18). The monoisotopic (exact) mass is 301 g/mol. The molecule has 1 N–H and O–H groups in total. The molecule has 1 aromatic heterocycles. The lowest BCUT2D eigenvalue weighted by atomic mass is 10.1. The average molecular weight is 301 g/mol. The van der Waals surface area contributed by atoms with E-state index in [0.29, 0.717) is 0 Å². The largest absolute Gasteiger partial charge is 0.478 e. The number of tetrazole rings is 1. The molecule has 10 nitrogen and oxygen atoms in total. The lowest BCUT2D eigenvalue weighted by molar-refractivity contribution is -0.384. The zero-order valence-electron chi connectivity index (χ0n) is 9.88. The summed E-state index contributed by atoms with van der Waals surface area (Å²) in [4.78, 5) is 32.5. The first-order chi connectivity index (χ1) is 9.82. The molecule has 0 radical (unpaired) electrons. The summed E-state index contributed by atoms with van der Waals surface area (Å²) in [7, 11) is 0. The number of nitrogens with zero attached hydrogens (tertiary/aromatic N) is 5. The maximum atomic E-state index is 12.4. The molecule has 0 atom stereocenters. The van der Waals surface area contributed by atoms with Crippen LogP contribution in [-0.2, 0) is 0 Å². The van der Waals surface area contributed by atoms with Crippen LogP contribution in [0.25, 0.3) is 5.69 Å². The molecule has 0 unspecified atom stereocenters. The third-order valence-corrected chi connectivity index (χ3v) is 2.44. The van der Waals surface area contributed by atoms with Crippen molar-refractivity contribution in [2.24, 2.45) is 0 Å². The maximum absolute atomic E-state index is 12.4. The van der Waals surface area contributed by atoms with E-state index in [-0.39, 0.29) is 9.36 Å². The van der Waals surface area contributed by atoms with Gasteiger partial charge in [0.05, 0.1) is 16.2 Å². The molecule has 0 bridgehead atoms. The Bertz CT molecular complexity index is 783. The van der Waals surface area contributed by atoms with E-state index in [2.05, 4.69) is 10.4 Å². The van der Waals surface area contributed by atoms with E-state index in [1.807, 2.05) is 0 Å². The third-order valence-electron chi connectivity index (χ3n) is 2.44. The van der Waals surface area contributed by atoms with Gasteiger partial charge in [-0.1, -0.05) is 0 Å². The Balaban J connectivity index is 2.72. The van der Waals surface area contributed by atoms with Gasteiger partial charge in [-0.15, -0.1) is 4.68 Å². The minimum Gasteiger partial charge on any atom is -0.478 e. The molecule has 2 rings (SSSR count). The van der Waals surface area contributed by atoms with Crippen LogP contribution in [0, 0.1) is 10.1 Å². The third kappa shape index (κ3) is 2.45. The minimum atomic E-state index is -3.28. The Morgan fingerprint density at radius 1 is 1.38 bits per heavy atom. The summed E-state index contributed by atoms with van der Waals surface area (Å²) in [6, 6.07) is 2.49. The number of rotatable bonds is 4. The molecule has 21 heavy (non-hydrogen) atoms. The van der Waals surface area contributed by atoms with Crippen molar-refractivity contribution in [2.45, 2.75) is 6.55 Å². The van der Waals surface area contributed by atoms with Crippen LogP contribution >= 0.6 is 0 Å². The summed E-state index contributed by atoms with van der Waals surface area (Å²) in [6.07, 6.45) is 0. The Kier molecular flexibility index (Phi) is 3.44. The van der Waals surface area contributed by atoms with E-state index < -0.39 is 40.1 Å². The van der Waals surface area contributed by atoms with Crippen molar-refractivity contribution in [3.8, 4) is 5.69 Å². The molecule has 0 saturated heterocycles. The van der Waals surface area contributed by atoms with Gasteiger partial charge in [-0.05, 0) is 16.5 Å². The van der Waals surface area contributed by atoms with E-state index in [1.54, 1.807) is 0 Å². The molecule has 0 aliphatic heterocycles. The number of nitro benzene ring substituents is 1. The zero-order chi connectivity index (χ0) is 15.7. The highest BCUT2D eigenvalue weighted by molar-refractivity contribution is 5.92. The average Bonchev–Trinajstić information content (AvgIpc) is 2.79. The number of carboxylic acid groups (broad SMARTS) is 1. The van der Waals surface area contributed by atoms with Crippen LogP contribution in [0.1, 0.15) is 16.9 Å². The summed E-state index contributed by atoms with van der Waals surface area (Å²) in [6.45, 7) is -3.28. The second-order valence-electron chi connectivity index (χ2n) is 3.66. The van der Waals surface area contributed by atoms with Crippen molar-refractivity contribution in [3.05, 3.63) is 44.4 Å². The smallest absolute Gasteiger partial charge is 0.373 e. The fourth-order valence-electron chi connectivity index (χ4n) is 1.52. The van der Waals surface area contributed by atoms with Crippen molar-refractivity contribution < 1.29 is 23.6 Å². The number of alkyl halides is 2. The minimum absolute atomic E-state index is 0.253. The summed E-state index contributed by atoms with van der Waals surface area (Å²) in [5.41, 5.74) is -3.01. The number of carbonyl (C=O) groups is 1. The van der Waals surface area contributed by atoms with Crippen LogP contribution in [0.15, 0.2) is 23.0 Å². The Hall–Kier alpha value is -3.18. The number of aromatic nitrogens is 4. The van der Waals surface area contributed by atoms with Crippen LogP contribution in [-0.4, -0.2) is 35.8 Å². The van der Waals surface area contributed by atoms with Gasteiger partial charge in [-0.2, -0.15) is 13.5 Å². The van der Waals surface area contributed by atoms with E-state index in [0.717, 1.165) is 18.2 Å². The lowest BCUT2D eigenvalue weighted by Gasteiger charge is -2.03. The van der Waals surface area contributed by atoms with Gasteiger partial charge in [-0.25, -0.2) is 9.59 Å². The lowest BCUT2D eigenvalue weighted by Crippen LogP contribution is -2.26. The van der Waals surface area contributed by atoms with Gasteiger partial charge in [0.2, 0.25) is 0 Å². The van der Waals surface area contributed by atoms with Crippen molar-refractivity contribution in [1.82, 2.24) is 19.8 Å². The van der Waals surface area contributed by atoms with Gasteiger partial charge in [-0.3, -0.25) is 10.1 Å². The van der Waals surface area contributed by atoms with Crippen LogP contribution in [0.3, 0.4) is 0 Å². The molecule has 0 spiro atoms. The summed E-state index contributed by atoms with van der Waals surface area (Å²) in [5, 5.41) is 25.6. The number of halogens is 2. The first kappa shape index (κ1) is 14.2. The fraction of sp³-hybridized carbons (Fsp3) is 0.111. The number of hydrogen-bond acceptors (Lipinski definition) is 6. The highest BCUT2D eigenvalue weighted by atomic mass is 19.3. The molecule has 0 amide bonds. The summed E-state index contributed by atoms with van der Waals surface area (Å²) < 4.78 is 24.9. The Morgan fingerprint density at radius 2 is 2.05 bits per heavy atom. The van der Waals surface area contributed by atoms with E-state index in [1.165, 1.54) is 0 Å². The Morgan fingerprint density at radius 3 is 2.52 bits per heavy atom. The van der Waals surface area contributed by atoms with Crippen molar-refractivity contribution in [3.63, 3.8) is 0 Å². The second-order valence-corrected chi connectivity index (χ2v) is 3.66. The number of non-ortho nitro benzene ring substituents is 1. The van der Waals surface area contributed by atoms with Crippen molar-refractivity contribution in [1.29, 1.82) is 0 Å². The van der Waals surface area contributed by atoms with Crippen LogP contribution in [0.5, 0.6) is 0 Å². The van der Waals surface area contributed by atoms with Crippen molar-refractivity contribution in [2.75, 3.05) is 0 Å². The number of benzene rings is 1. The quantitative estimate of drug-likeness (QED) is 0.639. The molecule has 0 aliphatic rings. The number of aromatic carboxylic acids is 1. The van der Waals surface area contributed by atoms with Gasteiger partial charge in [0.15, 0.2) is 0 Å². The van der Waals surface area contributed by atoms with Gasteiger partial charge in [0.25, 0.3) is 5.69 Å². The molecule has 0 aliphatic carbocycles. The molecular weight excluding hydrogens is 296 g/mol. The predicted molar refractivity (Wildman–Crippen MR) is 60.5 cm³/mol. The summed E-state index contributed by atoms with van der Waals surface area (Å²) >= 11 is 0. The highest BCUT2D eigenvalue weighted by Crippen LogP contribution is 2.20. The first-order valence-corrected chi connectivity index (χ1v) is 5.17. The van der Waals surface area contributed by atoms with Crippen LogP contribution in [0.2, 0.25) is 0 Å². The normalized spacial score (nSPS) is 10.8. The molecule has 1 heterocycles. The molecule has 1 aromatic carbocycles. The predicted octanol–water partition coefficient (Wildman–Crippen LogP) is 0.430. The van der Waals surface area contributed by atoms with E-state index in [4.69, 9.17) is 5.11 Å². The van der Waals surface area contributed by atoms with Gasteiger partial charge in [0, 0.05) is 12.1 Å². The van der Waals surface area contributed by atoms with E-state index >= 15 is 0 Å². The topological polar surface area (TPSA) is 133 Å². The molecular formula is C9H5F2N5O5. The van der Waals surface area contributed by atoms with E-state index in [9.17, 15) is 28.5 Å². The second kappa shape index (κ2) is 5.07. The number of nitro groups is 1. The fourth-order valence-corrected chi connectivity index (χ4v) is 1.52. The summed E-state index contributed by atoms with van der Waals surface area (Å²) in [5.74, 6) is -1.52. The zero-order valence-corrected chi connectivity index (χ0v) is 9.88. The van der Waals surface area contributed by atoms with Crippen LogP contribution < -0.4 is 5.69 Å². The maximum Gasteiger partial charge on any atom is 0.373 e. The SMILES string of the molecule is O=C(O)c1ccc([N+](=O)[O-])cc1-n1nnn(C(F)F)c1=O. The molecule has 110 valence electrons. The molecule has 0 saturated carbocycles. The van der Waals surface area contributed by atoms with Gasteiger partial charge < -0.3 is 5.11 Å². The highest BCUT2D eigenvalue weighted by Gasteiger charge is 2.22. The van der Waals surface area contributed by atoms with Gasteiger partial charge in [0.1, 0.15) is 0 Å². The molecule has 12 heteroatoms. The van der Waals surface area contributed by atoms with Crippen LogP contribution in [0.4, 0.5) is 14.5 Å².